The SMILES string of the molecule is O=C(NCCc1ccc(O[PH](=O)O)cc1)c1cnc(-c2ccccn2)nc1O. The first-order chi connectivity index (χ1) is 13.5. The third-order valence-corrected chi connectivity index (χ3v) is 4.15. The van der Waals surface area contributed by atoms with Crippen LogP contribution in [0.2, 0.25) is 0 Å². The standard InChI is InChI=1S/C18H17N4O5P/c23-17(20-10-8-12-4-6-13(7-5-12)27-28(25)26)14-11-21-16(22-18(14)24)15-3-1-2-9-19-15/h1-7,9,11,28H,8,10H2,(H,20,23)(H,25,26)(H,21,22,24). The van der Waals surface area contributed by atoms with Gasteiger partial charge >= 0.3 is 8.25 Å². The average molecular weight is 400 g/mol. The van der Waals surface area contributed by atoms with Gasteiger partial charge in [0.25, 0.3) is 5.91 Å². The first-order valence-electron chi connectivity index (χ1n) is 8.28. The Balaban J connectivity index is 1.57. The van der Waals surface area contributed by atoms with Crippen LogP contribution in [0.5, 0.6) is 11.6 Å². The summed E-state index contributed by atoms with van der Waals surface area (Å²) in [4.78, 5) is 33.1. The lowest BCUT2D eigenvalue weighted by Gasteiger charge is -2.08. The predicted octanol–water partition coefficient (Wildman–Crippen LogP) is 1.98. The Labute approximate surface area is 161 Å². The van der Waals surface area contributed by atoms with Gasteiger partial charge in [-0.1, -0.05) is 18.2 Å². The molecule has 9 nitrogen and oxygen atoms in total. The number of nitrogens with zero attached hydrogens (tertiary/aromatic N) is 3. The minimum atomic E-state index is -3.03. The first kappa shape index (κ1) is 19.5. The molecule has 0 fully saturated rings. The summed E-state index contributed by atoms with van der Waals surface area (Å²) in [6, 6.07) is 11.8. The zero-order valence-corrected chi connectivity index (χ0v) is 15.6. The van der Waals surface area contributed by atoms with Gasteiger partial charge in [-0.05, 0) is 36.2 Å². The summed E-state index contributed by atoms with van der Waals surface area (Å²) in [6.45, 7) is 0.317. The van der Waals surface area contributed by atoms with Crippen LogP contribution in [0.25, 0.3) is 11.5 Å². The molecule has 3 N–H and O–H groups in total. The van der Waals surface area contributed by atoms with Crippen LogP contribution >= 0.6 is 8.25 Å². The van der Waals surface area contributed by atoms with Crippen LogP contribution in [0.4, 0.5) is 0 Å². The van der Waals surface area contributed by atoms with Crippen molar-refractivity contribution in [3.05, 3.63) is 66.0 Å². The maximum absolute atomic E-state index is 12.2. The molecule has 1 unspecified atom stereocenters. The number of aromatic nitrogens is 3. The van der Waals surface area contributed by atoms with Crippen molar-refractivity contribution in [2.45, 2.75) is 6.42 Å². The molecule has 3 rings (SSSR count). The van der Waals surface area contributed by atoms with Gasteiger partial charge in [0.15, 0.2) is 5.82 Å². The number of amides is 1. The van der Waals surface area contributed by atoms with Crippen LogP contribution in [0, 0.1) is 0 Å². The lowest BCUT2D eigenvalue weighted by molar-refractivity contribution is 0.0950. The summed E-state index contributed by atoms with van der Waals surface area (Å²) in [5, 5.41) is 12.7. The van der Waals surface area contributed by atoms with Crippen molar-refractivity contribution < 1.29 is 23.9 Å². The Morgan fingerprint density at radius 2 is 1.93 bits per heavy atom. The number of nitrogens with one attached hydrogen (secondary N) is 1. The summed E-state index contributed by atoms with van der Waals surface area (Å²) in [7, 11) is -3.03. The van der Waals surface area contributed by atoms with E-state index in [9.17, 15) is 14.5 Å². The van der Waals surface area contributed by atoms with Crippen molar-refractivity contribution in [1.82, 2.24) is 20.3 Å². The molecule has 0 aliphatic carbocycles. The van der Waals surface area contributed by atoms with Crippen molar-refractivity contribution in [2.75, 3.05) is 6.54 Å². The van der Waals surface area contributed by atoms with E-state index < -0.39 is 20.0 Å². The maximum Gasteiger partial charge on any atom is 0.365 e. The molecule has 0 bridgehead atoms. The minimum absolute atomic E-state index is 0.0310. The van der Waals surface area contributed by atoms with Gasteiger partial charge in [-0.15, -0.1) is 0 Å². The highest BCUT2D eigenvalue weighted by Crippen LogP contribution is 2.23. The molecule has 2 aromatic heterocycles. The van der Waals surface area contributed by atoms with Crippen LogP contribution in [-0.4, -0.2) is 37.4 Å². The number of pyridine rings is 1. The Morgan fingerprint density at radius 3 is 2.57 bits per heavy atom. The van der Waals surface area contributed by atoms with Crippen LogP contribution in [-0.2, 0) is 11.0 Å². The number of benzene rings is 1. The molecule has 1 aromatic carbocycles. The summed E-state index contributed by atoms with van der Waals surface area (Å²) in [6.07, 6.45) is 3.36. The summed E-state index contributed by atoms with van der Waals surface area (Å²) < 4.78 is 15.4. The molecule has 0 saturated carbocycles. The van der Waals surface area contributed by atoms with Gasteiger partial charge in [0.2, 0.25) is 5.88 Å². The van der Waals surface area contributed by atoms with Crippen molar-refractivity contribution in [1.29, 1.82) is 0 Å². The normalized spacial score (nSPS) is 11.6. The number of carbonyl (C=O) groups is 1. The molecule has 3 aromatic rings. The minimum Gasteiger partial charge on any atom is -0.493 e. The van der Waals surface area contributed by atoms with Gasteiger partial charge in [-0.3, -0.25) is 9.78 Å². The summed E-state index contributed by atoms with van der Waals surface area (Å²) in [5.41, 5.74) is 1.36. The van der Waals surface area contributed by atoms with Gasteiger partial charge < -0.3 is 19.8 Å². The smallest absolute Gasteiger partial charge is 0.365 e. The van der Waals surface area contributed by atoms with Crippen molar-refractivity contribution >= 4 is 14.2 Å². The van der Waals surface area contributed by atoms with Crippen LogP contribution in [0.3, 0.4) is 0 Å². The fourth-order valence-electron chi connectivity index (χ4n) is 2.39. The highest BCUT2D eigenvalue weighted by Gasteiger charge is 2.15. The Kier molecular flexibility index (Phi) is 6.31. The predicted molar refractivity (Wildman–Crippen MR) is 101 cm³/mol. The van der Waals surface area contributed by atoms with E-state index in [-0.39, 0.29) is 11.4 Å². The molecule has 0 spiro atoms. The highest BCUT2D eigenvalue weighted by atomic mass is 31.1. The van der Waals surface area contributed by atoms with E-state index in [4.69, 9.17) is 9.42 Å². The molecule has 28 heavy (non-hydrogen) atoms. The first-order valence-corrected chi connectivity index (χ1v) is 9.54. The number of aromatic hydroxyl groups is 1. The molecule has 10 heteroatoms. The molecule has 0 aliphatic heterocycles. The number of hydrogen-bond donors (Lipinski definition) is 3. The lowest BCUT2D eigenvalue weighted by Crippen LogP contribution is -2.26. The fraction of sp³-hybridized carbons (Fsp3) is 0.111. The monoisotopic (exact) mass is 400 g/mol. The third-order valence-electron chi connectivity index (χ3n) is 3.74. The van der Waals surface area contributed by atoms with Crippen molar-refractivity contribution in [3.63, 3.8) is 0 Å². The van der Waals surface area contributed by atoms with E-state index in [1.54, 1.807) is 48.7 Å². The molecule has 1 amide bonds. The van der Waals surface area contributed by atoms with Crippen molar-refractivity contribution in [3.8, 4) is 23.1 Å². The van der Waals surface area contributed by atoms with Crippen LogP contribution in [0.1, 0.15) is 15.9 Å². The van der Waals surface area contributed by atoms with E-state index in [1.807, 2.05) is 0 Å². The third kappa shape index (κ3) is 5.12. The van der Waals surface area contributed by atoms with E-state index in [1.165, 1.54) is 6.20 Å². The van der Waals surface area contributed by atoms with Gasteiger partial charge in [-0.2, -0.15) is 4.98 Å². The second kappa shape index (κ2) is 9.07. The summed E-state index contributed by atoms with van der Waals surface area (Å²) in [5.74, 6) is -0.394. The van der Waals surface area contributed by atoms with E-state index in [0.29, 0.717) is 24.4 Å². The van der Waals surface area contributed by atoms with Gasteiger partial charge in [-0.25, -0.2) is 9.55 Å². The quantitative estimate of drug-likeness (QED) is 0.513. The van der Waals surface area contributed by atoms with Crippen LogP contribution < -0.4 is 9.84 Å². The maximum atomic E-state index is 12.2. The van der Waals surface area contributed by atoms with E-state index in [2.05, 4.69) is 20.3 Å². The van der Waals surface area contributed by atoms with E-state index >= 15 is 0 Å². The second-order valence-electron chi connectivity index (χ2n) is 5.66. The van der Waals surface area contributed by atoms with E-state index in [0.717, 1.165) is 5.56 Å². The molecule has 144 valence electrons. The zero-order chi connectivity index (χ0) is 19.9. The van der Waals surface area contributed by atoms with Crippen molar-refractivity contribution in [2.24, 2.45) is 0 Å². The topological polar surface area (TPSA) is 135 Å². The molecule has 1 atom stereocenters. The summed E-state index contributed by atoms with van der Waals surface area (Å²) >= 11 is 0. The molecular weight excluding hydrogens is 383 g/mol. The number of carbonyl (C=O) groups excluding carboxylic acids is 1. The lowest BCUT2D eigenvalue weighted by atomic mass is 10.1. The van der Waals surface area contributed by atoms with Gasteiger partial charge in [0.1, 0.15) is 17.0 Å². The average Bonchev–Trinajstić information content (AvgIpc) is 2.69. The molecule has 0 radical (unpaired) electrons. The number of rotatable bonds is 7. The Morgan fingerprint density at radius 1 is 1.14 bits per heavy atom. The molecule has 2 heterocycles. The Hall–Kier alpha value is -3.29. The van der Waals surface area contributed by atoms with Gasteiger partial charge in [0.05, 0.1) is 0 Å². The fourth-order valence-corrected chi connectivity index (χ4v) is 2.73. The molecule has 0 saturated heterocycles. The Bertz CT molecular complexity index is 983. The zero-order valence-electron chi connectivity index (χ0n) is 14.6. The number of hydrogen-bond acceptors (Lipinski definition) is 7. The largest absolute Gasteiger partial charge is 0.493 e. The van der Waals surface area contributed by atoms with Crippen LogP contribution in [0.15, 0.2) is 54.9 Å². The van der Waals surface area contributed by atoms with Gasteiger partial charge in [0, 0.05) is 18.9 Å². The molecule has 0 aliphatic rings. The highest BCUT2D eigenvalue weighted by molar-refractivity contribution is 7.32. The second-order valence-corrected chi connectivity index (χ2v) is 6.40. The molecular formula is C18H17N4O5P.